The molecule has 0 aliphatic carbocycles. The van der Waals surface area contributed by atoms with Crippen molar-refractivity contribution in [3.8, 4) is 0 Å². The highest BCUT2D eigenvalue weighted by molar-refractivity contribution is 7.92. The molecule has 0 fully saturated rings. The Morgan fingerprint density at radius 2 is 1.51 bits per heavy atom. The lowest BCUT2D eigenvalue weighted by Crippen LogP contribution is -2.53. The van der Waals surface area contributed by atoms with Crippen LogP contribution in [-0.4, -0.2) is 44.3 Å². The van der Waals surface area contributed by atoms with Crippen molar-refractivity contribution >= 4 is 39.1 Å². The highest BCUT2D eigenvalue weighted by atomic mass is 35.5. The van der Waals surface area contributed by atoms with Gasteiger partial charge in [-0.3, -0.25) is 13.9 Å². The molecule has 4 rings (SSSR count). The average Bonchev–Trinajstić information content (AvgIpc) is 3.04. The molecule has 4 aromatic rings. The smallest absolute Gasteiger partial charge is 0.354 e. The fraction of sp³-hybridized carbons (Fsp3) is 0.257. The van der Waals surface area contributed by atoms with Crippen LogP contribution >= 0.6 is 11.6 Å². The number of hydrogen-bond donors (Lipinski definition) is 1. The molecule has 0 spiro atoms. The third kappa shape index (κ3) is 9.14. The molecule has 12 heteroatoms. The number of carbonyl (C=O) groups is 2. The zero-order valence-electron chi connectivity index (χ0n) is 25.9. The van der Waals surface area contributed by atoms with Crippen molar-refractivity contribution in [2.24, 2.45) is 0 Å². The normalized spacial score (nSPS) is 12.3. The van der Waals surface area contributed by atoms with Gasteiger partial charge in [-0.15, -0.1) is 0 Å². The van der Waals surface area contributed by atoms with Crippen molar-refractivity contribution in [1.82, 2.24) is 10.2 Å². The number of aryl methyl sites for hydroxylation is 1. The summed E-state index contributed by atoms with van der Waals surface area (Å²) in [5, 5.41) is 2.54. The Morgan fingerprint density at radius 3 is 2.13 bits per heavy atom. The summed E-state index contributed by atoms with van der Waals surface area (Å²) in [4.78, 5) is 29.2. The van der Waals surface area contributed by atoms with Gasteiger partial charge in [0.15, 0.2) is 0 Å². The molecule has 0 bridgehead atoms. The molecule has 0 radical (unpaired) electrons. The minimum Gasteiger partial charge on any atom is -0.354 e. The fourth-order valence-corrected chi connectivity index (χ4v) is 6.76. The van der Waals surface area contributed by atoms with E-state index in [2.05, 4.69) is 5.32 Å². The monoisotopic (exact) mass is 685 g/mol. The highest BCUT2D eigenvalue weighted by Gasteiger charge is 2.37. The maximum atomic E-state index is 14.5. The number of halogens is 4. The number of nitrogens with one attached hydrogen (secondary N) is 1. The Hall–Kier alpha value is -4.35. The van der Waals surface area contributed by atoms with Gasteiger partial charge in [-0.05, 0) is 54.8 Å². The van der Waals surface area contributed by atoms with Crippen molar-refractivity contribution in [2.75, 3.05) is 17.4 Å². The number of alkyl halides is 3. The lowest BCUT2D eigenvalue weighted by atomic mass is 10.0. The van der Waals surface area contributed by atoms with Gasteiger partial charge in [0.05, 0.1) is 21.2 Å². The van der Waals surface area contributed by atoms with Gasteiger partial charge < -0.3 is 10.2 Å². The Labute approximate surface area is 278 Å². The van der Waals surface area contributed by atoms with Crippen LogP contribution < -0.4 is 9.62 Å². The van der Waals surface area contributed by atoms with E-state index in [1.165, 1.54) is 29.2 Å². The Morgan fingerprint density at radius 1 is 0.872 bits per heavy atom. The molecular formula is C35H35ClF3N3O4S. The van der Waals surface area contributed by atoms with E-state index in [9.17, 15) is 31.2 Å². The molecule has 0 aliphatic rings. The standard InChI is InChI=1S/C35H35ClF3N3O4S/c1-3-19-40-34(44)32(21-26-12-6-4-7-13-26)41(23-27-14-10-11-25(2)20-27)33(43)24-42(47(45,46)29-15-8-5-9-16-29)31-22-28(35(37,38)39)17-18-30(31)36/h4-18,20,22,32H,3,19,21,23-24H2,1-2H3,(H,40,44)/t32-/m0/s1. The second-order valence-corrected chi connectivity index (χ2v) is 13.3. The molecule has 248 valence electrons. The lowest BCUT2D eigenvalue weighted by Gasteiger charge is -2.34. The summed E-state index contributed by atoms with van der Waals surface area (Å²) in [6.45, 7) is 3.08. The topological polar surface area (TPSA) is 86.8 Å². The molecule has 7 nitrogen and oxygen atoms in total. The molecule has 0 saturated heterocycles. The molecule has 4 aromatic carbocycles. The summed E-state index contributed by atoms with van der Waals surface area (Å²) in [5.74, 6) is -1.27. The first kappa shape index (κ1) is 35.5. The van der Waals surface area contributed by atoms with Gasteiger partial charge >= 0.3 is 6.18 Å². The van der Waals surface area contributed by atoms with Crippen LogP contribution in [0.4, 0.5) is 18.9 Å². The summed E-state index contributed by atoms with van der Waals surface area (Å²) >= 11 is 6.36. The molecule has 0 heterocycles. The Balaban J connectivity index is 1.86. The summed E-state index contributed by atoms with van der Waals surface area (Å²) in [7, 11) is -4.63. The number of benzene rings is 4. The number of sulfonamides is 1. The van der Waals surface area contributed by atoms with Crippen molar-refractivity contribution in [2.45, 2.75) is 50.3 Å². The predicted molar refractivity (Wildman–Crippen MR) is 176 cm³/mol. The summed E-state index contributed by atoms with van der Waals surface area (Å²) in [6, 6.07) is 24.6. The number of carbonyl (C=O) groups excluding carboxylic acids is 2. The third-order valence-electron chi connectivity index (χ3n) is 7.41. The fourth-order valence-electron chi connectivity index (χ4n) is 5.04. The van der Waals surface area contributed by atoms with Gasteiger partial charge in [-0.2, -0.15) is 13.2 Å². The first-order valence-corrected chi connectivity index (χ1v) is 16.7. The molecule has 47 heavy (non-hydrogen) atoms. The largest absolute Gasteiger partial charge is 0.416 e. The van der Waals surface area contributed by atoms with Crippen LogP contribution in [0.3, 0.4) is 0 Å². The van der Waals surface area contributed by atoms with E-state index in [1.807, 2.05) is 44.2 Å². The molecule has 1 atom stereocenters. The number of amides is 2. The van der Waals surface area contributed by atoms with Crippen LogP contribution in [-0.2, 0) is 38.8 Å². The number of anilines is 1. The van der Waals surface area contributed by atoms with Gasteiger partial charge in [0.25, 0.3) is 10.0 Å². The van der Waals surface area contributed by atoms with Gasteiger partial charge in [-0.1, -0.05) is 96.9 Å². The molecule has 0 aliphatic heterocycles. The van der Waals surface area contributed by atoms with E-state index in [1.54, 1.807) is 30.3 Å². The molecular weight excluding hydrogens is 651 g/mol. The lowest BCUT2D eigenvalue weighted by molar-refractivity contribution is -0.140. The highest BCUT2D eigenvalue weighted by Crippen LogP contribution is 2.37. The minimum absolute atomic E-state index is 0.0763. The van der Waals surface area contributed by atoms with Gasteiger partial charge in [0.1, 0.15) is 12.6 Å². The minimum atomic E-state index is -4.82. The van der Waals surface area contributed by atoms with Gasteiger partial charge in [-0.25, -0.2) is 8.42 Å². The molecule has 2 amide bonds. The summed E-state index contributed by atoms with van der Waals surface area (Å²) < 4.78 is 70.2. The maximum Gasteiger partial charge on any atom is 0.416 e. The average molecular weight is 686 g/mol. The first-order valence-electron chi connectivity index (χ1n) is 14.9. The van der Waals surface area contributed by atoms with Gasteiger partial charge in [0, 0.05) is 19.5 Å². The maximum absolute atomic E-state index is 14.5. The van der Waals surface area contributed by atoms with Crippen molar-refractivity contribution in [1.29, 1.82) is 0 Å². The third-order valence-corrected chi connectivity index (χ3v) is 9.50. The molecule has 0 saturated carbocycles. The first-order chi connectivity index (χ1) is 22.3. The predicted octanol–water partition coefficient (Wildman–Crippen LogP) is 7.03. The van der Waals surface area contributed by atoms with E-state index in [4.69, 9.17) is 11.6 Å². The van der Waals surface area contributed by atoms with E-state index in [0.29, 0.717) is 28.9 Å². The van der Waals surface area contributed by atoms with E-state index in [-0.39, 0.29) is 22.9 Å². The van der Waals surface area contributed by atoms with Crippen molar-refractivity contribution in [3.05, 3.63) is 130 Å². The van der Waals surface area contributed by atoms with Crippen molar-refractivity contribution in [3.63, 3.8) is 0 Å². The van der Waals surface area contributed by atoms with Gasteiger partial charge in [0.2, 0.25) is 11.8 Å². The number of nitrogens with zero attached hydrogens (tertiary/aromatic N) is 2. The summed E-state index contributed by atoms with van der Waals surface area (Å²) in [6.07, 6.45) is -4.09. The van der Waals surface area contributed by atoms with E-state index >= 15 is 0 Å². The Kier molecular flexibility index (Phi) is 11.7. The zero-order chi connectivity index (χ0) is 34.2. The van der Waals surface area contributed by atoms with Crippen LogP contribution in [0.2, 0.25) is 5.02 Å². The SMILES string of the molecule is CCCNC(=O)[C@H](Cc1ccccc1)N(Cc1cccc(C)c1)C(=O)CN(c1cc(C(F)(F)F)ccc1Cl)S(=O)(=O)c1ccccc1. The van der Waals surface area contributed by atoms with Crippen LogP contribution in [0.1, 0.15) is 35.6 Å². The number of hydrogen-bond acceptors (Lipinski definition) is 4. The second kappa shape index (κ2) is 15.5. The molecule has 1 N–H and O–H groups in total. The zero-order valence-corrected chi connectivity index (χ0v) is 27.4. The Bertz CT molecular complexity index is 1790. The van der Waals surface area contributed by atoms with Crippen LogP contribution in [0.15, 0.2) is 108 Å². The van der Waals surface area contributed by atoms with Crippen LogP contribution in [0, 0.1) is 6.92 Å². The van der Waals surface area contributed by atoms with E-state index in [0.717, 1.165) is 23.3 Å². The number of rotatable bonds is 13. The second-order valence-electron chi connectivity index (χ2n) is 11.0. The molecule has 0 unspecified atom stereocenters. The molecule has 0 aromatic heterocycles. The van der Waals surface area contributed by atoms with Crippen LogP contribution in [0.5, 0.6) is 0 Å². The summed E-state index contributed by atoms with van der Waals surface area (Å²) in [5.41, 5.74) is 0.656. The quantitative estimate of drug-likeness (QED) is 0.164. The van der Waals surface area contributed by atoms with Crippen molar-refractivity contribution < 1.29 is 31.2 Å². The van der Waals surface area contributed by atoms with Crippen LogP contribution in [0.25, 0.3) is 0 Å². The van der Waals surface area contributed by atoms with E-state index < -0.39 is 51.9 Å².